The molecule has 176 valence electrons. The monoisotopic (exact) mass is 469 g/mol. The lowest BCUT2D eigenvalue weighted by molar-refractivity contribution is -0.135. The molecule has 0 aliphatic carbocycles. The topological polar surface area (TPSA) is 55.8 Å². The summed E-state index contributed by atoms with van der Waals surface area (Å²) in [4.78, 5) is 27.5. The van der Waals surface area contributed by atoms with E-state index in [1.165, 1.54) is 5.56 Å². The van der Waals surface area contributed by atoms with E-state index in [1.54, 1.807) is 0 Å². The lowest BCUT2D eigenvalue weighted by Crippen LogP contribution is -2.52. The summed E-state index contributed by atoms with van der Waals surface area (Å²) in [6.45, 7) is 7.65. The van der Waals surface area contributed by atoms with Gasteiger partial charge in [-0.1, -0.05) is 30.7 Å². The Bertz CT molecular complexity index is 1040. The molecule has 0 N–H and O–H groups in total. The molecule has 0 radical (unpaired) electrons. The number of halogens is 1. The smallest absolute Gasteiger partial charge is 0.222 e. The molecule has 2 aromatic carbocycles. The van der Waals surface area contributed by atoms with Crippen LogP contribution >= 0.6 is 11.6 Å². The Balaban J connectivity index is 1.28. The highest BCUT2D eigenvalue weighted by atomic mass is 35.5. The number of ether oxygens (including phenoxy) is 2. The van der Waals surface area contributed by atoms with E-state index in [-0.39, 0.29) is 11.7 Å². The van der Waals surface area contributed by atoms with Crippen molar-refractivity contribution in [3.8, 4) is 11.5 Å². The fourth-order valence-corrected chi connectivity index (χ4v) is 4.98. The molecule has 0 bridgehead atoms. The van der Waals surface area contributed by atoms with Gasteiger partial charge in [-0.25, -0.2) is 0 Å². The molecule has 0 aromatic heterocycles. The van der Waals surface area contributed by atoms with E-state index in [2.05, 4.69) is 19.1 Å². The molecule has 4 rings (SSSR count). The van der Waals surface area contributed by atoms with E-state index in [1.807, 2.05) is 36.9 Å². The van der Waals surface area contributed by atoms with Crippen molar-refractivity contribution in [1.82, 2.24) is 4.90 Å². The van der Waals surface area contributed by atoms with Gasteiger partial charge in [0.2, 0.25) is 5.91 Å². The van der Waals surface area contributed by atoms with Crippen molar-refractivity contribution >= 4 is 23.3 Å². The molecule has 1 saturated heterocycles. The van der Waals surface area contributed by atoms with Gasteiger partial charge >= 0.3 is 0 Å². The normalized spacial score (nSPS) is 17.0. The Kier molecular flexibility index (Phi) is 6.99. The van der Waals surface area contributed by atoms with Gasteiger partial charge in [0.25, 0.3) is 0 Å². The third-order valence-electron chi connectivity index (χ3n) is 6.90. The van der Waals surface area contributed by atoms with Gasteiger partial charge in [0.1, 0.15) is 17.1 Å². The molecule has 2 aromatic rings. The van der Waals surface area contributed by atoms with Gasteiger partial charge in [0.15, 0.2) is 5.78 Å². The summed E-state index contributed by atoms with van der Waals surface area (Å²) in [6.07, 6.45) is 3.80. The van der Waals surface area contributed by atoms with Crippen molar-refractivity contribution in [3.05, 3.63) is 57.6 Å². The maximum Gasteiger partial charge on any atom is 0.222 e. The van der Waals surface area contributed by atoms with E-state index in [0.29, 0.717) is 68.1 Å². The number of rotatable bonds is 6. The Morgan fingerprint density at radius 1 is 1.18 bits per heavy atom. The molecule has 0 saturated carbocycles. The minimum Gasteiger partial charge on any atom is -0.494 e. The van der Waals surface area contributed by atoms with Crippen LogP contribution < -0.4 is 9.47 Å². The molecular formula is C27H32ClNO4. The molecular weight excluding hydrogens is 438 g/mol. The SMILES string of the molecule is CCc1ccc(OCCCC(=O)N2CCC3(CC2)CC(=O)c2c(cc(C)c(Cl)c2C)O3)cc1. The van der Waals surface area contributed by atoms with Crippen LogP contribution in [0.15, 0.2) is 30.3 Å². The van der Waals surface area contributed by atoms with Crippen LogP contribution in [0.3, 0.4) is 0 Å². The molecule has 2 heterocycles. The van der Waals surface area contributed by atoms with Gasteiger partial charge in [-0.2, -0.15) is 0 Å². The Morgan fingerprint density at radius 2 is 1.88 bits per heavy atom. The minimum atomic E-state index is -0.526. The van der Waals surface area contributed by atoms with Gasteiger partial charge in [-0.05, 0) is 61.6 Å². The highest BCUT2D eigenvalue weighted by Crippen LogP contribution is 2.43. The van der Waals surface area contributed by atoms with Crippen molar-refractivity contribution in [2.24, 2.45) is 0 Å². The number of nitrogens with zero attached hydrogens (tertiary/aromatic N) is 1. The van der Waals surface area contributed by atoms with E-state index in [0.717, 1.165) is 23.3 Å². The third-order valence-corrected chi connectivity index (χ3v) is 7.48. The van der Waals surface area contributed by atoms with Crippen molar-refractivity contribution < 1.29 is 19.1 Å². The Morgan fingerprint density at radius 3 is 2.55 bits per heavy atom. The third kappa shape index (κ3) is 5.03. The second kappa shape index (κ2) is 9.76. The first kappa shape index (κ1) is 23.6. The van der Waals surface area contributed by atoms with E-state index in [4.69, 9.17) is 21.1 Å². The second-order valence-corrected chi connectivity index (χ2v) is 9.60. The summed E-state index contributed by atoms with van der Waals surface area (Å²) >= 11 is 6.35. The summed E-state index contributed by atoms with van der Waals surface area (Å²) < 4.78 is 12.2. The number of aryl methyl sites for hydroxylation is 2. The van der Waals surface area contributed by atoms with Gasteiger partial charge < -0.3 is 14.4 Å². The maximum absolute atomic E-state index is 13.0. The van der Waals surface area contributed by atoms with Crippen LogP contribution in [0.1, 0.15) is 66.1 Å². The van der Waals surface area contributed by atoms with Crippen molar-refractivity contribution in [3.63, 3.8) is 0 Å². The molecule has 0 unspecified atom stereocenters. The van der Waals surface area contributed by atoms with Crippen LogP contribution in [0.4, 0.5) is 0 Å². The molecule has 0 atom stereocenters. The number of carbonyl (C=O) groups is 2. The van der Waals surface area contributed by atoms with Crippen LogP contribution in [0.25, 0.3) is 0 Å². The van der Waals surface area contributed by atoms with Crippen LogP contribution in [-0.2, 0) is 11.2 Å². The first-order valence-corrected chi connectivity index (χ1v) is 12.2. The van der Waals surface area contributed by atoms with Crippen LogP contribution in [-0.4, -0.2) is 41.9 Å². The first-order valence-electron chi connectivity index (χ1n) is 11.8. The largest absolute Gasteiger partial charge is 0.494 e. The predicted molar refractivity (Wildman–Crippen MR) is 130 cm³/mol. The molecule has 6 heteroatoms. The van der Waals surface area contributed by atoms with Gasteiger partial charge in [0.05, 0.1) is 18.6 Å². The summed E-state index contributed by atoms with van der Waals surface area (Å²) in [6, 6.07) is 9.96. The fourth-order valence-electron chi connectivity index (χ4n) is 4.84. The highest BCUT2D eigenvalue weighted by molar-refractivity contribution is 6.32. The second-order valence-electron chi connectivity index (χ2n) is 9.22. The van der Waals surface area contributed by atoms with Gasteiger partial charge in [0, 0.05) is 37.4 Å². The fraction of sp³-hybridized carbons (Fsp3) is 0.481. The molecule has 2 aliphatic heterocycles. The van der Waals surface area contributed by atoms with Crippen molar-refractivity contribution in [2.75, 3.05) is 19.7 Å². The number of hydrogen-bond acceptors (Lipinski definition) is 4. The molecule has 1 spiro atoms. The zero-order valence-electron chi connectivity index (χ0n) is 19.7. The van der Waals surface area contributed by atoms with Crippen LogP contribution in [0.5, 0.6) is 11.5 Å². The maximum atomic E-state index is 13.0. The number of ketones is 1. The number of hydrogen-bond donors (Lipinski definition) is 0. The predicted octanol–water partition coefficient (Wildman–Crippen LogP) is 5.70. The number of benzene rings is 2. The summed E-state index contributed by atoms with van der Waals surface area (Å²) in [7, 11) is 0. The number of carbonyl (C=O) groups excluding carboxylic acids is 2. The number of likely N-dealkylation sites (tertiary alicyclic amines) is 1. The van der Waals surface area contributed by atoms with Crippen LogP contribution in [0.2, 0.25) is 5.02 Å². The summed E-state index contributed by atoms with van der Waals surface area (Å²) in [5.41, 5.74) is 3.07. The number of fused-ring (bicyclic) bond motifs is 1. The Labute approximate surface area is 201 Å². The van der Waals surface area contributed by atoms with Crippen molar-refractivity contribution in [2.45, 2.75) is 64.9 Å². The van der Waals surface area contributed by atoms with Crippen LogP contribution in [0, 0.1) is 13.8 Å². The lowest BCUT2D eigenvalue weighted by atomic mass is 9.81. The summed E-state index contributed by atoms with van der Waals surface area (Å²) in [5.74, 6) is 1.69. The quantitative estimate of drug-likeness (QED) is 0.509. The van der Waals surface area contributed by atoms with E-state index < -0.39 is 5.60 Å². The Hall–Kier alpha value is -2.53. The molecule has 2 aliphatic rings. The van der Waals surface area contributed by atoms with E-state index in [9.17, 15) is 9.59 Å². The van der Waals surface area contributed by atoms with Gasteiger partial charge in [-0.3, -0.25) is 9.59 Å². The molecule has 1 amide bonds. The lowest BCUT2D eigenvalue weighted by Gasteiger charge is -2.44. The van der Waals surface area contributed by atoms with E-state index >= 15 is 0 Å². The standard InChI is InChI=1S/C27H32ClNO4/c1-4-20-7-9-21(10-8-20)32-15-5-6-24(31)29-13-11-27(12-14-29)17-22(30)25-19(3)26(28)18(2)16-23(25)33-27/h7-10,16H,4-6,11-15,17H2,1-3H3. The average Bonchev–Trinajstić information content (AvgIpc) is 2.80. The molecule has 5 nitrogen and oxygen atoms in total. The van der Waals surface area contributed by atoms with Crippen molar-refractivity contribution in [1.29, 1.82) is 0 Å². The zero-order valence-corrected chi connectivity index (χ0v) is 20.5. The molecule has 1 fully saturated rings. The average molecular weight is 470 g/mol. The highest BCUT2D eigenvalue weighted by Gasteiger charge is 2.44. The summed E-state index contributed by atoms with van der Waals surface area (Å²) in [5, 5.41) is 0.629. The first-order chi connectivity index (χ1) is 15.8. The number of Topliss-reactive ketones (excluding diaryl/α,β-unsaturated/α-hetero) is 1. The zero-order chi connectivity index (χ0) is 23.6. The minimum absolute atomic E-state index is 0.0829. The van der Waals surface area contributed by atoms with Gasteiger partial charge in [-0.15, -0.1) is 0 Å². The number of amides is 1. The number of piperidine rings is 1. The molecule has 33 heavy (non-hydrogen) atoms.